The van der Waals surface area contributed by atoms with Gasteiger partial charge in [-0.3, -0.25) is 9.13 Å². The van der Waals surface area contributed by atoms with E-state index in [1.54, 1.807) is 23.9 Å². The van der Waals surface area contributed by atoms with Crippen LogP contribution in [0.5, 0.6) is 0 Å². The van der Waals surface area contributed by atoms with E-state index in [2.05, 4.69) is 21.3 Å². The molecule has 0 saturated carbocycles. The molecule has 1 aliphatic heterocycles. The van der Waals surface area contributed by atoms with Crippen molar-refractivity contribution >= 4 is 22.9 Å². The Labute approximate surface area is 198 Å². The van der Waals surface area contributed by atoms with Crippen LogP contribution >= 0.6 is 0 Å². The summed E-state index contributed by atoms with van der Waals surface area (Å²) in [5, 5.41) is 12.3. The number of nitriles is 1. The molecule has 1 unspecified atom stereocenters. The number of piperidine rings is 1. The van der Waals surface area contributed by atoms with Crippen molar-refractivity contribution in [2.45, 2.75) is 51.8 Å². The van der Waals surface area contributed by atoms with Gasteiger partial charge >= 0.3 is 11.8 Å². The minimum absolute atomic E-state index is 0.197. The van der Waals surface area contributed by atoms with Crippen molar-refractivity contribution in [2.75, 3.05) is 18.0 Å². The van der Waals surface area contributed by atoms with E-state index in [-0.39, 0.29) is 23.9 Å². The number of nitrogens with zero attached hydrogens (tertiary/aromatic N) is 5. The Kier molecular flexibility index (Phi) is 6.33. The summed E-state index contributed by atoms with van der Waals surface area (Å²) < 4.78 is 8.90. The van der Waals surface area contributed by atoms with Gasteiger partial charge in [0.2, 0.25) is 0 Å². The average Bonchev–Trinajstić information content (AvgIpc) is 3.03. The van der Waals surface area contributed by atoms with E-state index >= 15 is 0 Å². The molecular weight excluding hydrogens is 432 g/mol. The number of alkyl carbamates (subject to hydrolysis) is 1. The second-order valence-corrected chi connectivity index (χ2v) is 9.69. The van der Waals surface area contributed by atoms with Crippen LogP contribution in [0.1, 0.15) is 44.7 Å². The molecule has 9 heteroatoms. The standard InChI is InChI=1S/C25H30N6O3/c1-25(2,3)28-23(32)34-19-10-7-13-30(16-19)20-11-12-27-22-21(20)31(24(33)29(22)4)15-18-9-6-5-8-17(18)14-26/h5-6,8-9,11-12,19H,7,10,13,15-16H2,1-4H3,(H,28,32). The van der Waals surface area contributed by atoms with Gasteiger partial charge < -0.3 is 15.0 Å². The van der Waals surface area contributed by atoms with Crippen molar-refractivity contribution in [2.24, 2.45) is 7.05 Å². The SMILES string of the molecule is Cn1c(=O)n(Cc2ccccc2C#N)c2c(N3CCCC(OC(=O)NC(C)(C)C)C3)ccnc21. The maximum Gasteiger partial charge on any atom is 0.407 e. The van der Waals surface area contributed by atoms with Crippen LogP contribution in [0.15, 0.2) is 41.3 Å². The zero-order valence-electron chi connectivity index (χ0n) is 20.0. The molecule has 1 aromatic carbocycles. The number of carbonyl (C=O) groups excluding carboxylic acids is 1. The number of anilines is 1. The van der Waals surface area contributed by atoms with Crippen LogP contribution in [-0.2, 0) is 18.3 Å². The number of imidazole rings is 1. The molecule has 1 aliphatic rings. The van der Waals surface area contributed by atoms with Gasteiger partial charge in [-0.2, -0.15) is 5.26 Å². The topological polar surface area (TPSA) is 105 Å². The molecule has 1 atom stereocenters. The maximum absolute atomic E-state index is 13.2. The Balaban J connectivity index is 1.68. The lowest BCUT2D eigenvalue weighted by molar-refractivity contribution is 0.0827. The Morgan fingerprint density at radius 3 is 2.79 bits per heavy atom. The van der Waals surface area contributed by atoms with E-state index in [1.807, 2.05) is 45.0 Å². The van der Waals surface area contributed by atoms with Gasteiger partial charge in [0.05, 0.1) is 30.4 Å². The van der Waals surface area contributed by atoms with Gasteiger partial charge in [0.1, 0.15) is 11.6 Å². The number of nitrogens with one attached hydrogen (secondary N) is 1. The third-order valence-electron chi connectivity index (χ3n) is 5.92. The number of hydrogen-bond donors (Lipinski definition) is 1. The molecule has 34 heavy (non-hydrogen) atoms. The summed E-state index contributed by atoms with van der Waals surface area (Å²) in [6.45, 7) is 7.30. The lowest BCUT2D eigenvalue weighted by Gasteiger charge is -2.34. The molecule has 2 aromatic heterocycles. The van der Waals surface area contributed by atoms with Gasteiger partial charge in [0, 0.05) is 25.3 Å². The van der Waals surface area contributed by atoms with Crippen molar-refractivity contribution in [3.8, 4) is 6.07 Å². The Bertz CT molecular complexity index is 1310. The molecule has 0 aliphatic carbocycles. The van der Waals surface area contributed by atoms with E-state index < -0.39 is 6.09 Å². The molecular formula is C25H30N6O3. The third kappa shape index (κ3) is 4.76. The fourth-order valence-corrected chi connectivity index (χ4v) is 4.38. The first-order valence-electron chi connectivity index (χ1n) is 11.4. The fourth-order valence-electron chi connectivity index (χ4n) is 4.38. The van der Waals surface area contributed by atoms with Gasteiger partial charge in [-0.15, -0.1) is 0 Å². The highest BCUT2D eigenvalue weighted by atomic mass is 16.6. The van der Waals surface area contributed by atoms with Crippen LogP contribution in [0.2, 0.25) is 0 Å². The zero-order valence-corrected chi connectivity index (χ0v) is 20.0. The van der Waals surface area contributed by atoms with Crippen molar-refractivity contribution in [1.82, 2.24) is 19.4 Å². The smallest absolute Gasteiger partial charge is 0.407 e. The lowest BCUT2D eigenvalue weighted by atomic mass is 10.1. The number of hydrogen-bond acceptors (Lipinski definition) is 6. The van der Waals surface area contributed by atoms with Gasteiger partial charge in [0.25, 0.3) is 0 Å². The fraction of sp³-hybridized carbons (Fsp3) is 0.440. The predicted molar refractivity (Wildman–Crippen MR) is 130 cm³/mol. The molecule has 4 rings (SSSR count). The number of aryl methyl sites for hydroxylation is 1. The highest BCUT2D eigenvalue weighted by molar-refractivity contribution is 5.87. The van der Waals surface area contributed by atoms with E-state index in [4.69, 9.17) is 4.74 Å². The minimum atomic E-state index is -0.427. The summed E-state index contributed by atoms with van der Waals surface area (Å²) in [6, 6.07) is 11.4. The Hall–Kier alpha value is -3.80. The second kappa shape index (κ2) is 9.21. The first kappa shape index (κ1) is 23.4. The molecule has 178 valence electrons. The maximum atomic E-state index is 13.2. The molecule has 0 spiro atoms. The summed E-state index contributed by atoms with van der Waals surface area (Å²) in [6.07, 6.45) is 2.64. The lowest BCUT2D eigenvalue weighted by Crippen LogP contribution is -2.46. The first-order valence-corrected chi connectivity index (χ1v) is 11.4. The van der Waals surface area contributed by atoms with Gasteiger partial charge in [-0.1, -0.05) is 18.2 Å². The summed E-state index contributed by atoms with van der Waals surface area (Å²) in [4.78, 5) is 32.1. The van der Waals surface area contributed by atoms with Crippen LogP contribution in [0, 0.1) is 11.3 Å². The third-order valence-corrected chi connectivity index (χ3v) is 5.92. The molecule has 9 nitrogen and oxygen atoms in total. The van der Waals surface area contributed by atoms with Crippen molar-refractivity contribution < 1.29 is 9.53 Å². The number of amides is 1. The van der Waals surface area contributed by atoms with Crippen LogP contribution in [0.4, 0.5) is 10.5 Å². The molecule has 1 amide bonds. The molecule has 3 heterocycles. The Morgan fingerprint density at radius 1 is 1.29 bits per heavy atom. The normalized spacial score (nSPS) is 16.3. The number of benzene rings is 1. The highest BCUT2D eigenvalue weighted by Crippen LogP contribution is 2.29. The Morgan fingerprint density at radius 2 is 2.06 bits per heavy atom. The molecule has 1 N–H and O–H groups in total. The monoisotopic (exact) mass is 462 g/mol. The number of rotatable bonds is 4. The van der Waals surface area contributed by atoms with Crippen LogP contribution in [0.25, 0.3) is 11.2 Å². The van der Waals surface area contributed by atoms with Crippen molar-refractivity contribution in [3.63, 3.8) is 0 Å². The van der Waals surface area contributed by atoms with E-state index in [9.17, 15) is 14.9 Å². The van der Waals surface area contributed by atoms with Crippen LogP contribution in [0.3, 0.4) is 0 Å². The molecule has 0 bridgehead atoms. The van der Waals surface area contributed by atoms with Crippen LogP contribution in [-0.4, -0.2) is 44.9 Å². The number of pyridine rings is 1. The summed E-state index contributed by atoms with van der Waals surface area (Å²) >= 11 is 0. The van der Waals surface area contributed by atoms with Crippen LogP contribution < -0.4 is 15.9 Å². The minimum Gasteiger partial charge on any atom is -0.444 e. The quantitative estimate of drug-likeness (QED) is 0.639. The summed E-state index contributed by atoms with van der Waals surface area (Å²) in [7, 11) is 1.70. The van der Waals surface area contributed by atoms with E-state index in [0.29, 0.717) is 23.3 Å². The van der Waals surface area contributed by atoms with Crippen molar-refractivity contribution in [3.05, 3.63) is 58.1 Å². The second-order valence-electron chi connectivity index (χ2n) is 9.69. The number of aromatic nitrogens is 3. The van der Waals surface area contributed by atoms with Gasteiger partial charge in [-0.25, -0.2) is 14.6 Å². The molecule has 1 fully saturated rings. The van der Waals surface area contributed by atoms with Crippen molar-refractivity contribution in [1.29, 1.82) is 5.26 Å². The van der Waals surface area contributed by atoms with E-state index in [1.165, 1.54) is 4.57 Å². The number of fused-ring (bicyclic) bond motifs is 1. The first-order chi connectivity index (χ1) is 16.2. The van der Waals surface area contributed by atoms with Gasteiger partial charge in [0.15, 0.2) is 5.65 Å². The summed E-state index contributed by atoms with van der Waals surface area (Å²) in [5.41, 5.74) is 2.88. The number of ether oxygens (including phenoxy) is 1. The molecule has 1 saturated heterocycles. The average molecular weight is 463 g/mol. The molecule has 3 aromatic rings. The summed E-state index contributed by atoms with van der Waals surface area (Å²) in [5.74, 6) is 0. The zero-order chi connectivity index (χ0) is 24.5. The largest absolute Gasteiger partial charge is 0.444 e. The predicted octanol–water partition coefficient (Wildman–Crippen LogP) is 3.15. The molecule has 0 radical (unpaired) electrons. The number of carbonyl (C=O) groups is 1. The van der Waals surface area contributed by atoms with E-state index in [0.717, 1.165) is 30.6 Å². The van der Waals surface area contributed by atoms with Gasteiger partial charge in [-0.05, 0) is 51.3 Å². The highest BCUT2D eigenvalue weighted by Gasteiger charge is 2.27.